The summed E-state index contributed by atoms with van der Waals surface area (Å²) in [6.07, 6.45) is -4.20. The van der Waals surface area contributed by atoms with E-state index in [1.54, 1.807) is 0 Å². The number of nitrogens with two attached hydrogens (primary N) is 1. The van der Waals surface area contributed by atoms with Crippen LogP contribution >= 0.6 is 0 Å². The van der Waals surface area contributed by atoms with Crippen LogP contribution in [0.25, 0.3) is 11.3 Å². The molecule has 7 heteroatoms. The van der Waals surface area contributed by atoms with E-state index in [4.69, 9.17) is 10.2 Å². The van der Waals surface area contributed by atoms with Gasteiger partial charge < -0.3 is 10.2 Å². The van der Waals surface area contributed by atoms with Crippen LogP contribution in [-0.2, 0) is 6.18 Å². The molecule has 4 nitrogen and oxygen atoms in total. The molecule has 0 aliphatic carbocycles. The molecule has 0 aliphatic heterocycles. The third kappa shape index (κ3) is 2.71. The van der Waals surface area contributed by atoms with Crippen molar-refractivity contribution in [2.75, 3.05) is 0 Å². The van der Waals surface area contributed by atoms with E-state index in [2.05, 4.69) is 0 Å². The Bertz CT molecular complexity index is 674. The Hall–Kier alpha value is -2.57. The molecule has 0 spiro atoms. The molecule has 0 atom stereocenters. The molecule has 0 fully saturated rings. The SMILES string of the molecule is NC(=O)c1cc(-c2ccc(C=O)o2)cc(C(F)(F)F)c1. The largest absolute Gasteiger partial charge is 0.453 e. The van der Waals surface area contributed by atoms with Crippen molar-refractivity contribution >= 4 is 12.2 Å². The first-order chi connectivity index (χ1) is 9.31. The predicted molar refractivity (Wildman–Crippen MR) is 63.1 cm³/mol. The second-order valence-corrected chi connectivity index (χ2v) is 3.98. The van der Waals surface area contributed by atoms with Crippen molar-refractivity contribution in [2.45, 2.75) is 6.18 Å². The fourth-order valence-corrected chi connectivity index (χ4v) is 1.65. The minimum absolute atomic E-state index is 0.0155. The zero-order valence-electron chi connectivity index (χ0n) is 9.90. The van der Waals surface area contributed by atoms with Crippen LogP contribution in [0, 0.1) is 0 Å². The van der Waals surface area contributed by atoms with Gasteiger partial charge in [0.15, 0.2) is 12.0 Å². The van der Waals surface area contributed by atoms with Gasteiger partial charge in [-0.25, -0.2) is 0 Å². The molecule has 2 N–H and O–H groups in total. The van der Waals surface area contributed by atoms with Crippen molar-refractivity contribution in [3.05, 3.63) is 47.2 Å². The van der Waals surface area contributed by atoms with Gasteiger partial charge in [0, 0.05) is 11.1 Å². The molecule has 0 bridgehead atoms. The number of hydrogen-bond acceptors (Lipinski definition) is 3. The number of benzene rings is 1. The second-order valence-electron chi connectivity index (χ2n) is 3.98. The standard InChI is InChI=1S/C13H8F3NO3/c14-13(15,16)9-4-7(3-8(5-9)12(17)19)11-2-1-10(6-18)20-11/h1-6H,(H2,17,19). The number of rotatable bonds is 3. The predicted octanol–water partition coefficient (Wildman–Crippen LogP) is 2.88. The van der Waals surface area contributed by atoms with Crippen LogP contribution in [0.5, 0.6) is 0 Å². The molecule has 1 aromatic heterocycles. The van der Waals surface area contributed by atoms with Gasteiger partial charge in [-0.15, -0.1) is 0 Å². The number of furan rings is 1. The molecule has 1 aromatic carbocycles. The Morgan fingerprint density at radius 2 is 1.90 bits per heavy atom. The third-order valence-corrected chi connectivity index (χ3v) is 2.57. The van der Waals surface area contributed by atoms with E-state index in [0.29, 0.717) is 12.4 Å². The summed E-state index contributed by atoms with van der Waals surface area (Å²) >= 11 is 0. The maximum atomic E-state index is 12.8. The van der Waals surface area contributed by atoms with E-state index in [9.17, 15) is 22.8 Å². The van der Waals surface area contributed by atoms with E-state index in [-0.39, 0.29) is 22.6 Å². The monoisotopic (exact) mass is 283 g/mol. The highest BCUT2D eigenvalue weighted by molar-refractivity contribution is 5.94. The van der Waals surface area contributed by atoms with E-state index in [1.165, 1.54) is 18.2 Å². The Morgan fingerprint density at radius 1 is 1.20 bits per heavy atom. The van der Waals surface area contributed by atoms with Crippen molar-refractivity contribution in [3.8, 4) is 11.3 Å². The molecular formula is C13H8F3NO3. The van der Waals surface area contributed by atoms with E-state index in [1.807, 2.05) is 0 Å². The first-order valence-corrected chi connectivity index (χ1v) is 5.39. The van der Waals surface area contributed by atoms with Crippen LogP contribution in [0.2, 0.25) is 0 Å². The minimum Gasteiger partial charge on any atom is -0.453 e. The lowest BCUT2D eigenvalue weighted by atomic mass is 10.0. The van der Waals surface area contributed by atoms with Gasteiger partial charge in [-0.1, -0.05) is 0 Å². The highest BCUT2D eigenvalue weighted by Crippen LogP contribution is 2.33. The van der Waals surface area contributed by atoms with Crippen LogP contribution < -0.4 is 5.73 Å². The highest BCUT2D eigenvalue weighted by Gasteiger charge is 2.32. The quantitative estimate of drug-likeness (QED) is 0.880. The van der Waals surface area contributed by atoms with Gasteiger partial charge in [-0.2, -0.15) is 13.2 Å². The molecule has 0 saturated heterocycles. The fourth-order valence-electron chi connectivity index (χ4n) is 1.65. The van der Waals surface area contributed by atoms with Gasteiger partial charge in [0.05, 0.1) is 5.56 Å². The summed E-state index contributed by atoms with van der Waals surface area (Å²) in [7, 11) is 0. The Balaban J connectivity index is 2.60. The van der Waals surface area contributed by atoms with Crippen molar-refractivity contribution in [3.63, 3.8) is 0 Å². The number of primary amides is 1. The average molecular weight is 283 g/mol. The Morgan fingerprint density at radius 3 is 2.40 bits per heavy atom. The summed E-state index contributed by atoms with van der Waals surface area (Å²) < 4.78 is 43.3. The number of amides is 1. The Kier molecular flexibility index (Phi) is 3.35. The van der Waals surface area contributed by atoms with Crippen molar-refractivity contribution in [2.24, 2.45) is 5.73 Å². The third-order valence-electron chi connectivity index (χ3n) is 2.57. The zero-order valence-corrected chi connectivity index (χ0v) is 9.90. The van der Waals surface area contributed by atoms with Crippen LogP contribution in [0.15, 0.2) is 34.7 Å². The lowest BCUT2D eigenvalue weighted by Crippen LogP contribution is -2.13. The smallest absolute Gasteiger partial charge is 0.416 e. The van der Waals surface area contributed by atoms with Crippen molar-refractivity contribution < 1.29 is 27.2 Å². The molecule has 1 heterocycles. The summed E-state index contributed by atoms with van der Waals surface area (Å²) in [5.41, 5.74) is 3.71. The van der Waals surface area contributed by atoms with E-state index < -0.39 is 17.6 Å². The molecule has 1 amide bonds. The number of hydrogen-bond donors (Lipinski definition) is 1. The maximum absolute atomic E-state index is 12.8. The fraction of sp³-hybridized carbons (Fsp3) is 0.0769. The molecule has 104 valence electrons. The summed E-state index contributed by atoms with van der Waals surface area (Å²) in [5, 5.41) is 0. The summed E-state index contributed by atoms with van der Waals surface area (Å²) in [6.45, 7) is 0. The lowest BCUT2D eigenvalue weighted by molar-refractivity contribution is -0.137. The van der Waals surface area contributed by atoms with Gasteiger partial charge in [0.1, 0.15) is 5.76 Å². The van der Waals surface area contributed by atoms with Gasteiger partial charge in [0.2, 0.25) is 5.91 Å². The van der Waals surface area contributed by atoms with Crippen LogP contribution in [-0.4, -0.2) is 12.2 Å². The molecule has 0 saturated carbocycles. The van der Waals surface area contributed by atoms with Crippen molar-refractivity contribution in [1.29, 1.82) is 0 Å². The number of aldehydes is 1. The molecule has 2 aromatic rings. The number of carbonyl (C=O) groups is 2. The summed E-state index contributed by atoms with van der Waals surface area (Å²) in [6, 6.07) is 5.30. The normalized spacial score (nSPS) is 11.3. The van der Waals surface area contributed by atoms with Crippen molar-refractivity contribution in [1.82, 2.24) is 0 Å². The topological polar surface area (TPSA) is 73.3 Å². The molecule has 2 rings (SSSR count). The molecule has 0 radical (unpaired) electrons. The van der Waals surface area contributed by atoms with Gasteiger partial charge in [-0.05, 0) is 30.3 Å². The summed E-state index contributed by atoms with van der Waals surface area (Å²) in [4.78, 5) is 21.6. The van der Waals surface area contributed by atoms with E-state index >= 15 is 0 Å². The highest BCUT2D eigenvalue weighted by atomic mass is 19.4. The zero-order chi connectivity index (χ0) is 14.9. The minimum atomic E-state index is -4.62. The first kappa shape index (κ1) is 13.9. The molecule has 0 aliphatic rings. The number of alkyl halides is 3. The lowest BCUT2D eigenvalue weighted by Gasteiger charge is -2.09. The van der Waals surface area contributed by atoms with Gasteiger partial charge in [0.25, 0.3) is 0 Å². The molecule has 20 heavy (non-hydrogen) atoms. The molecule has 0 unspecified atom stereocenters. The second kappa shape index (κ2) is 4.84. The molecular weight excluding hydrogens is 275 g/mol. The summed E-state index contributed by atoms with van der Waals surface area (Å²) in [5.74, 6) is -0.974. The van der Waals surface area contributed by atoms with Gasteiger partial charge >= 0.3 is 6.18 Å². The Labute approximate surface area is 111 Å². The maximum Gasteiger partial charge on any atom is 0.416 e. The number of halogens is 3. The number of carbonyl (C=O) groups excluding carboxylic acids is 2. The van der Waals surface area contributed by atoms with Crippen LogP contribution in [0.1, 0.15) is 26.5 Å². The first-order valence-electron chi connectivity index (χ1n) is 5.39. The average Bonchev–Trinajstić information content (AvgIpc) is 2.86. The van der Waals surface area contributed by atoms with Crippen LogP contribution in [0.3, 0.4) is 0 Å². The van der Waals surface area contributed by atoms with Crippen LogP contribution in [0.4, 0.5) is 13.2 Å². The van der Waals surface area contributed by atoms with Gasteiger partial charge in [-0.3, -0.25) is 9.59 Å². The van der Waals surface area contributed by atoms with E-state index in [0.717, 1.165) is 6.07 Å².